The molecule has 15 atom stereocenters. The Kier molecular flexibility index (Phi) is 20.1. The standard InChI is InChI=1S/C46H73N3O13/c1-27(2)21-36(52)60-44-31(6)58-38(24-46(44,7)55)61-41-30(5)59-45(40(54)39(41)49(8)9)62-42-33(18-20-48-26-32-16-14-19-47-25-32)22-28(3)34(50)17-13-11-12-15-29(4)57-37(53)23-35(51)43(42)56-10/h11-14,16-17,19,25,27-31,33,35,38-45,48,51,54-55H,15,18,20-24,26H2,1-10H3/b12-11+,17-13+/t28-,29-,30-,31+,33-,35+,38+,39-,40-,41-,42+,43+,44+,45+,46-/m1/s1. The SMILES string of the molecule is CO[C@@H]1[C@@H](O[C@@H]2O[C@H](C)[C@@H](O[C@H]3C[C@@](C)(O)[C@@H](OC(=O)CC(C)C)[C@H](C)O3)[C@H](N(C)C)[C@H]2O)[C@H](CCNCc2cccnc2)C[C@@H](C)C(=O)/C=C/C=C/C[C@@H](C)OC(=O)C[C@@H]1O. The van der Waals surface area contributed by atoms with Crippen LogP contribution in [-0.2, 0) is 54.1 Å². The molecule has 0 unspecified atom stereocenters. The lowest BCUT2D eigenvalue weighted by molar-refractivity contribution is -0.344. The van der Waals surface area contributed by atoms with E-state index in [-0.39, 0.29) is 24.5 Å². The average molecular weight is 876 g/mol. The maximum Gasteiger partial charge on any atom is 0.308 e. The van der Waals surface area contributed by atoms with Gasteiger partial charge in [-0.25, -0.2) is 0 Å². The number of likely N-dealkylation sites (N-methyl/N-ethyl adjacent to an activating group) is 1. The van der Waals surface area contributed by atoms with Crippen LogP contribution in [0.15, 0.2) is 48.8 Å². The molecule has 16 nitrogen and oxygen atoms in total. The van der Waals surface area contributed by atoms with Crippen molar-refractivity contribution in [2.45, 2.75) is 173 Å². The number of rotatable bonds is 14. The normalized spacial score (nSPS) is 37.8. The van der Waals surface area contributed by atoms with E-state index in [0.717, 1.165) is 5.56 Å². The number of hydrogen-bond donors (Lipinski definition) is 4. The number of aromatic nitrogens is 1. The van der Waals surface area contributed by atoms with E-state index in [4.69, 9.17) is 33.2 Å². The molecule has 0 amide bonds. The summed E-state index contributed by atoms with van der Waals surface area (Å²) in [5, 5.41) is 38.9. The summed E-state index contributed by atoms with van der Waals surface area (Å²) in [6.45, 7) is 13.5. The van der Waals surface area contributed by atoms with Crippen LogP contribution in [-0.4, -0.2) is 150 Å². The highest BCUT2D eigenvalue weighted by molar-refractivity contribution is 5.91. The zero-order valence-corrected chi connectivity index (χ0v) is 38.3. The topological polar surface area (TPSA) is 205 Å². The molecule has 0 bridgehead atoms. The van der Waals surface area contributed by atoms with Gasteiger partial charge in [-0.2, -0.15) is 0 Å². The van der Waals surface area contributed by atoms with E-state index in [2.05, 4.69) is 10.3 Å². The lowest BCUT2D eigenvalue weighted by Gasteiger charge is -2.50. The summed E-state index contributed by atoms with van der Waals surface area (Å²) in [6, 6.07) is 3.09. The van der Waals surface area contributed by atoms with Gasteiger partial charge < -0.3 is 58.7 Å². The maximum absolute atomic E-state index is 13.5. The van der Waals surface area contributed by atoms with Crippen molar-refractivity contribution in [2.24, 2.45) is 17.8 Å². The summed E-state index contributed by atoms with van der Waals surface area (Å²) in [7, 11) is 4.99. The molecule has 0 spiro atoms. The molecule has 4 rings (SSSR count). The Balaban J connectivity index is 1.63. The number of carbonyl (C=O) groups is 3. The van der Waals surface area contributed by atoms with Crippen molar-refractivity contribution in [3.05, 3.63) is 54.4 Å². The lowest BCUT2D eigenvalue weighted by atomic mass is 9.82. The Hall–Kier alpha value is -3.16. The van der Waals surface area contributed by atoms with Crippen LogP contribution in [0.4, 0.5) is 0 Å². The number of carbonyl (C=O) groups excluding carboxylic acids is 3. The fourth-order valence-corrected chi connectivity index (χ4v) is 8.63. The number of esters is 2. The Morgan fingerprint density at radius 2 is 1.79 bits per heavy atom. The van der Waals surface area contributed by atoms with E-state index in [1.54, 1.807) is 71.2 Å². The molecule has 3 aliphatic heterocycles. The number of nitrogens with zero attached hydrogens (tertiary/aromatic N) is 2. The van der Waals surface area contributed by atoms with Gasteiger partial charge in [-0.05, 0) is 90.7 Å². The molecule has 2 saturated heterocycles. The molecule has 4 N–H and O–H groups in total. The van der Waals surface area contributed by atoms with Gasteiger partial charge in [0.2, 0.25) is 0 Å². The van der Waals surface area contributed by atoms with Crippen LogP contribution < -0.4 is 5.32 Å². The number of pyridine rings is 1. The predicted molar refractivity (Wildman–Crippen MR) is 229 cm³/mol. The summed E-state index contributed by atoms with van der Waals surface area (Å²) in [6.07, 6.45) is 0.482. The minimum absolute atomic E-state index is 0.0219. The molecule has 0 saturated carbocycles. The van der Waals surface area contributed by atoms with Crippen LogP contribution in [0.2, 0.25) is 0 Å². The molecule has 0 radical (unpaired) electrons. The maximum atomic E-state index is 13.5. The molecule has 3 aliphatic rings. The minimum atomic E-state index is -1.48. The molecule has 16 heteroatoms. The first-order valence-electron chi connectivity index (χ1n) is 22.1. The Bertz CT molecular complexity index is 1610. The lowest BCUT2D eigenvalue weighted by Crippen LogP contribution is -2.66. The number of cyclic esters (lactones) is 1. The second-order valence-corrected chi connectivity index (χ2v) is 18.1. The van der Waals surface area contributed by atoms with E-state index < -0.39 is 109 Å². The molecule has 0 aromatic carbocycles. The largest absolute Gasteiger partial charge is 0.462 e. The van der Waals surface area contributed by atoms with Crippen molar-refractivity contribution in [1.82, 2.24) is 15.2 Å². The molecule has 1 aromatic heterocycles. The van der Waals surface area contributed by atoms with Gasteiger partial charge >= 0.3 is 11.9 Å². The monoisotopic (exact) mass is 876 g/mol. The summed E-state index contributed by atoms with van der Waals surface area (Å²) >= 11 is 0. The predicted octanol–water partition coefficient (Wildman–Crippen LogP) is 3.64. The summed E-state index contributed by atoms with van der Waals surface area (Å²) in [5.74, 6) is -2.01. The summed E-state index contributed by atoms with van der Waals surface area (Å²) in [5.41, 5.74) is -0.498. The van der Waals surface area contributed by atoms with E-state index in [0.29, 0.717) is 32.4 Å². The van der Waals surface area contributed by atoms with Gasteiger partial charge in [0.1, 0.15) is 30.0 Å². The first-order valence-corrected chi connectivity index (χ1v) is 22.1. The Morgan fingerprint density at radius 3 is 2.44 bits per heavy atom. The highest BCUT2D eigenvalue weighted by atomic mass is 16.7. The second-order valence-electron chi connectivity index (χ2n) is 18.1. The third kappa shape index (κ3) is 15.0. The Labute approximate surface area is 367 Å². The van der Waals surface area contributed by atoms with Crippen molar-refractivity contribution in [2.75, 3.05) is 27.7 Å². The van der Waals surface area contributed by atoms with E-state index >= 15 is 0 Å². The summed E-state index contributed by atoms with van der Waals surface area (Å²) in [4.78, 5) is 45.2. The average Bonchev–Trinajstić information content (AvgIpc) is 3.18. The van der Waals surface area contributed by atoms with Gasteiger partial charge in [-0.3, -0.25) is 19.4 Å². The Morgan fingerprint density at radius 1 is 1.05 bits per heavy atom. The van der Waals surface area contributed by atoms with Crippen molar-refractivity contribution in [3.63, 3.8) is 0 Å². The molecule has 2 fully saturated rings. The number of aliphatic hydroxyl groups is 3. The van der Waals surface area contributed by atoms with Crippen molar-refractivity contribution < 1.29 is 62.9 Å². The van der Waals surface area contributed by atoms with Gasteiger partial charge in [-0.15, -0.1) is 0 Å². The molecular weight excluding hydrogens is 803 g/mol. The van der Waals surface area contributed by atoms with Crippen LogP contribution in [0.5, 0.6) is 0 Å². The third-order valence-corrected chi connectivity index (χ3v) is 11.8. The second kappa shape index (κ2) is 24.2. The molecule has 0 aliphatic carbocycles. The van der Waals surface area contributed by atoms with Crippen LogP contribution in [0.25, 0.3) is 0 Å². The van der Waals surface area contributed by atoms with Gasteiger partial charge in [0, 0.05) is 51.2 Å². The molecule has 62 heavy (non-hydrogen) atoms. The zero-order valence-electron chi connectivity index (χ0n) is 38.3. The number of allylic oxidation sites excluding steroid dienone is 3. The van der Waals surface area contributed by atoms with Gasteiger partial charge in [0.25, 0.3) is 0 Å². The number of methoxy groups -OCH3 is 1. The number of ketones is 1. The smallest absolute Gasteiger partial charge is 0.308 e. The third-order valence-electron chi connectivity index (χ3n) is 11.8. The van der Waals surface area contributed by atoms with Crippen molar-refractivity contribution in [3.8, 4) is 0 Å². The van der Waals surface area contributed by atoms with Crippen molar-refractivity contribution >= 4 is 17.7 Å². The first kappa shape index (κ1) is 51.5. The van der Waals surface area contributed by atoms with Gasteiger partial charge in [0.15, 0.2) is 24.5 Å². The summed E-state index contributed by atoms with van der Waals surface area (Å²) < 4.78 is 43.3. The fraction of sp³-hybridized carbons (Fsp3) is 0.739. The number of ether oxygens (including phenoxy) is 7. The molecule has 1 aromatic rings. The number of hydrogen-bond acceptors (Lipinski definition) is 16. The highest BCUT2D eigenvalue weighted by Gasteiger charge is 2.52. The fourth-order valence-electron chi connectivity index (χ4n) is 8.63. The number of nitrogens with one attached hydrogen (secondary N) is 1. The van der Waals surface area contributed by atoms with E-state index in [1.807, 2.05) is 39.0 Å². The quantitative estimate of drug-likeness (QED) is 0.156. The first-order chi connectivity index (χ1) is 29.3. The molecule has 4 heterocycles. The van der Waals surface area contributed by atoms with Gasteiger partial charge in [-0.1, -0.05) is 45.1 Å². The van der Waals surface area contributed by atoms with Gasteiger partial charge in [0.05, 0.1) is 36.9 Å². The van der Waals surface area contributed by atoms with Crippen LogP contribution in [0, 0.1) is 17.8 Å². The van der Waals surface area contributed by atoms with E-state index in [9.17, 15) is 29.7 Å². The minimum Gasteiger partial charge on any atom is -0.462 e. The van der Waals surface area contributed by atoms with E-state index in [1.165, 1.54) is 13.2 Å². The molecule has 350 valence electrons. The zero-order chi connectivity index (χ0) is 45.7. The van der Waals surface area contributed by atoms with Crippen LogP contribution in [0.1, 0.15) is 92.6 Å². The molecular formula is C46H73N3O13. The van der Waals surface area contributed by atoms with Crippen LogP contribution >= 0.6 is 0 Å². The highest BCUT2D eigenvalue weighted by Crippen LogP contribution is 2.37. The number of aliphatic hydroxyl groups excluding tert-OH is 2. The van der Waals surface area contributed by atoms with Crippen LogP contribution in [0.3, 0.4) is 0 Å². The van der Waals surface area contributed by atoms with Crippen molar-refractivity contribution in [1.29, 1.82) is 0 Å².